The topological polar surface area (TPSA) is 35.5 Å². The van der Waals surface area contributed by atoms with Gasteiger partial charge in [0.25, 0.3) is 0 Å². The average molecular weight is 342 g/mol. The molecule has 0 aliphatic carbocycles. The van der Waals surface area contributed by atoms with E-state index in [0.717, 1.165) is 28.3 Å². The minimum Gasteiger partial charge on any atom is -0.433 e. The second-order valence-electron chi connectivity index (χ2n) is 6.25. The molecule has 0 saturated heterocycles. The number of nitrogens with one attached hydrogen (secondary N) is 1. The van der Waals surface area contributed by atoms with E-state index in [1.165, 1.54) is 0 Å². The van der Waals surface area contributed by atoms with Crippen LogP contribution in [0.3, 0.4) is 0 Å². The van der Waals surface area contributed by atoms with Gasteiger partial charge in [-0.05, 0) is 67.5 Å². The zero-order chi connectivity index (χ0) is 18.4. The van der Waals surface area contributed by atoms with Crippen molar-refractivity contribution in [1.29, 1.82) is 0 Å². The molecule has 0 aliphatic rings. The first-order valence-electron chi connectivity index (χ1n) is 8.77. The van der Waals surface area contributed by atoms with E-state index in [1.54, 1.807) is 6.82 Å². The minimum absolute atomic E-state index is 0.570. The van der Waals surface area contributed by atoms with Gasteiger partial charge in [-0.2, -0.15) is 0 Å². The van der Waals surface area contributed by atoms with Crippen molar-refractivity contribution in [1.82, 2.24) is 5.23 Å². The number of hydrogen-bond acceptors (Lipinski definition) is 3. The molecule has 0 unspecified atom stereocenters. The molecule has 3 aromatic rings. The third-order valence-corrected chi connectivity index (χ3v) is 3.98. The highest BCUT2D eigenvalue weighted by Crippen LogP contribution is 2.34. The lowest BCUT2D eigenvalue weighted by molar-refractivity contribution is 0.566. The lowest BCUT2D eigenvalue weighted by Crippen LogP contribution is -2.28. The van der Waals surface area contributed by atoms with Crippen LogP contribution in [-0.4, -0.2) is 12.1 Å². The summed E-state index contributed by atoms with van der Waals surface area (Å²) in [4.78, 5) is 2.23. The Kier molecular flexibility index (Phi) is 5.77. The summed E-state index contributed by atoms with van der Waals surface area (Å²) in [5.74, 6) is 0. The van der Waals surface area contributed by atoms with E-state index in [1.807, 2.05) is 49.4 Å². The fourth-order valence-electron chi connectivity index (χ4n) is 2.98. The van der Waals surface area contributed by atoms with Crippen molar-refractivity contribution in [3.8, 4) is 0 Å². The summed E-state index contributed by atoms with van der Waals surface area (Å²) in [5, 5.41) is 12.5. The van der Waals surface area contributed by atoms with Crippen molar-refractivity contribution < 1.29 is 5.02 Å². The maximum absolute atomic E-state index is 9.48. The molecule has 0 radical (unpaired) electrons. The second kappa shape index (κ2) is 8.41. The van der Waals surface area contributed by atoms with Crippen LogP contribution in [0.4, 0.5) is 17.1 Å². The van der Waals surface area contributed by atoms with E-state index in [4.69, 9.17) is 0 Å². The number of rotatable bonds is 6. The van der Waals surface area contributed by atoms with Crippen LogP contribution in [0.15, 0.2) is 90.6 Å². The van der Waals surface area contributed by atoms with E-state index in [0.29, 0.717) is 0 Å². The molecule has 0 saturated carbocycles. The van der Waals surface area contributed by atoms with Crippen LogP contribution in [0.25, 0.3) is 6.08 Å². The van der Waals surface area contributed by atoms with Crippen LogP contribution in [0.5, 0.6) is 0 Å². The molecule has 3 nitrogen and oxygen atoms in total. The molecule has 130 valence electrons. The van der Waals surface area contributed by atoms with Gasteiger partial charge in [-0.25, -0.2) is 0 Å². The first-order chi connectivity index (χ1) is 12.6. The van der Waals surface area contributed by atoms with Gasteiger partial charge < -0.3 is 15.2 Å². The molecule has 2 N–H and O–H groups in total. The van der Waals surface area contributed by atoms with Crippen LogP contribution in [0, 0.1) is 0 Å². The summed E-state index contributed by atoms with van der Waals surface area (Å²) in [6.07, 6.45) is 2.03. The van der Waals surface area contributed by atoms with Crippen molar-refractivity contribution in [2.24, 2.45) is 0 Å². The fourth-order valence-corrected chi connectivity index (χ4v) is 2.98. The molecular formula is C22H23BN2O. The molecule has 0 bridgehead atoms. The molecular weight excluding hydrogens is 319 g/mol. The van der Waals surface area contributed by atoms with Crippen LogP contribution >= 0.6 is 0 Å². The first-order valence-corrected chi connectivity index (χ1v) is 8.77. The predicted octanol–water partition coefficient (Wildman–Crippen LogP) is 5.22. The number of para-hydroxylation sites is 2. The normalized spacial score (nSPS) is 11.1. The van der Waals surface area contributed by atoms with Crippen molar-refractivity contribution >= 4 is 30.2 Å². The maximum atomic E-state index is 9.48. The SMILES string of the molecule is CB(O)N/C(C)=C\c1cccc(N(c2ccccc2)c2ccccc2)c1. The summed E-state index contributed by atoms with van der Waals surface area (Å²) in [6.45, 7) is 3.66. The Morgan fingerprint density at radius 2 is 1.38 bits per heavy atom. The van der Waals surface area contributed by atoms with Gasteiger partial charge in [0.2, 0.25) is 0 Å². The number of hydrogen-bond donors (Lipinski definition) is 2. The number of allylic oxidation sites excluding steroid dienone is 1. The molecule has 0 spiro atoms. The van der Waals surface area contributed by atoms with Gasteiger partial charge >= 0.3 is 7.05 Å². The van der Waals surface area contributed by atoms with E-state index in [9.17, 15) is 5.02 Å². The molecule has 0 atom stereocenters. The first kappa shape index (κ1) is 17.8. The number of benzene rings is 3. The molecule has 4 heteroatoms. The van der Waals surface area contributed by atoms with Gasteiger partial charge in [0.05, 0.1) is 0 Å². The largest absolute Gasteiger partial charge is 0.433 e. The molecule has 3 rings (SSSR count). The third kappa shape index (κ3) is 4.55. The minimum atomic E-state index is -0.570. The highest BCUT2D eigenvalue weighted by Gasteiger charge is 2.11. The number of anilines is 3. The molecule has 0 heterocycles. The van der Waals surface area contributed by atoms with Crippen molar-refractivity contribution in [3.05, 3.63) is 96.2 Å². The molecule has 0 aliphatic heterocycles. The van der Waals surface area contributed by atoms with Crippen molar-refractivity contribution in [2.45, 2.75) is 13.7 Å². The number of nitrogens with zero attached hydrogens (tertiary/aromatic N) is 1. The van der Waals surface area contributed by atoms with Crippen LogP contribution in [0.2, 0.25) is 6.82 Å². The summed E-state index contributed by atoms with van der Waals surface area (Å²) < 4.78 is 0. The molecule has 3 aromatic carbocycles. The van der Waals surface area contributed by atoms with E-state index in [-0.39, 0.29) is 0 Å². The van der Waals surface area contributed by atoms with Crippen molar-refractivity contribution in [3.63, 3.8) is 0 Å². The van der Waals surface area contributed by atoms with Crippen LogP contribution in [-0.2, 0) is 0 Å². The molecule has 0 amide bonds. The lowest BCUT2D eigenvalue weighted by Gasteiger charge is -2.25. The van der Waals surface area contributed by atoms with Gasteiger partial charge in [0.1, 0.15) is 0 Å². The summed E-state index contributed by atoms with van der Waals surface area (Å²) in [7, 11) is -0.570. The summed E-state index contributed by atoms with van der Waals surface area (Å²) >= 11 is 0. The second-order valence-corrected chi connectivity index (χ2v) is 6.25. The van der Waals surface area contributed by atoms with Gasteiger partial charge in [-0.15, -0.1) is 0 Å². The molecule has 0 aromatic heterocycles. The Hall–Kier alpha value is -2.98. The highest BCUT2D eigenvalue weighted by molar-refractivity contribution is 6.46. The van der Waals surface area contributed by atoms with Gasteiger partial charge in [-0.1, -0.05) is 48.5 Å². The van der Waals surface area contributed by atoms with E-state index >= 15 is 0 Å². The molecule has 26 heavy (non-hydrogen) atoms. The third-order valence-electron chi connectivity index (χ3n) is 3.98. The fraction of sp³-hybridized carbons (Fsp3) is 0.0909. The molecule has 0 fully saturated rings. The van der Waals surface area contributed by atoms with Crippen molar-refractivity contribution in [2.75, 3.05) is 4.90 Å². The van der Waals surface area contributed by atoms with Crippen LogP contribution in [0.1, 0.15) is 12.5 Å². The Bertz CT molecular complexity index is 824. The Morgan fingerprint density at radius 1 is 0.846 bits per heavy atom. The highest BCUT2D eigenvalue weighted by atomic mass is 16.2. The van der Waals surface area contributed by atoms with Gasteiger partial charge in [-0.3, -0.25) is 0 Å². The monoisotopic (exact) mass is 342 g/mol. The van der Waals surface area contributed by atoms with Gasteiger partial charge in [0, 0.05) is 17.1 Å². The Balaban J connectivity index is 2.02. The Morgan fingerprint density at radius 3 is 1.92 bits per heavy atom. The smallest absolute Gasteiger partial charge is 0.406 e. The zero-order valence-corrected chi connectivity index (χ0v) is 15.1. The predicted molar refractivity (Wildman–Crippen MR) is 112 cm³/mol. The van der Waals surface area contributed by atoms with E-state index < -0.39 is 7.05 Å². The zero-order valence-electron chi connectivity index (χ0n) is 15.1. The van der Waals surface area contributed by atoms with Gasteiger partial charge in [0.15, 0.2) is 0 Å². The quantitative estimate of drug-likeness (QED) is 0.603. The summed E-state index contributed by atoms with van der Waals surface area (Å²) in [6, 6.07) is 29.0. The average Bonchev–Trinajstić information content (AvgIpc) is 2.63. The van der Waals surface area contributed by atoms with E-state index in [2.05, 4.69) is 58.7 Å². The standard InChI is InChI=1S/C22H23BN2O/c1-18(24-23(2)26)16-19-10-9-15-22(17-19)25(20-11-5-3-6-12-20)21-13-7-4-8-14-21/h3-17,24,26H,1-2H3/b18-16-. The maximum Gasteiger partial charge on any atom is 0.406 e. The van der Waals surface area contributed by atoms with Crippen LogP contribution < -0.4 is 10.1 Å². The Labute approximate surface area is 155 Å². The summed E-state index contributed by atoms with van der Waals surface area (Å²) in [5.41, 5.74) is 5.30. The lowest BCUT2D eigenvalue weighted by atomic mass is 9.88.